The van der Waals surface area contributed by atoms with Crippen LogP contribution in [-0.4, -0.2) is 63.3 Å². The topological polar surface area (TPSA) is 83.1 Å². The molecule has 1 atom stereocenters. The molecular formula is C23H28N4O4S. The van der Waals surface area contributed by atoms with Gasteiger partial charge in [-0.3, -0.25) is 4.90 Å². The lowest BCUT2D eigenvalue weighted by Gasteiger charge is -2.38. The van der Waals surface area contributed by atoms with Gasteiger partial charge in [0.2, 0.25) is 0 Å². The van der Waals surface area contributed by atoms with E-state index >= 15 is 0 Å². The molecule has 0 aliphatic carbocycles. The predicted molar refractivity (Wildman–Crippen MR) is 124 cm³/mol. The number of methoxy groups -OCH3 is 1. The molecule has 2 aliphatic rings. The predicted octanol–water partition coefficient (Wildman–Crippen LogP) is 2.75. The standard InChI is InChI=1S/C23H28N4O4S/c1-3-31-22(28)20-16(24-23(29)25-21(20)19-9-6-14-32-19)15-26-10-12-27(13-11-26)17-7-4-5-8-18(17)30-2/h4-9,14,21H,3,10-13,15H2,1-2H3,(H2,24,25,29)/t21-/m0/s1. The van der Waals surface area contributed by atoms with Gasteiger partial charge in [0.05, 0.1) is 31.0 Å². The fraction of sp³-hybridized carbons (Fsp3) is 0.391. The molecule has 2 N–H and O–H groups in total. The van der Waals surface area contributed by atoms with Gasteiger partial charge in [0.15, 0.2) is 0 Å². The first-order valence-electron chi connectivity index (χ1n) is 10.7. The summed E-state index contributed by atoms with van der Waals surface area (Å²) in [6.07, 6.45) is 0. The van der Waals surface area contributed by atoms with Gasteiger partial charge in [-0.2, -0.15) is 0 Å². The number of piperazine rings is 1. The van der Waals surface area contributed by atoms with Crippen LogP contribution >= 0.6 is 11.3 Å². The molecule has 32 heavy (non-hydrogen) atoms. The first-order valence-corrected chi connectivity index (χ1v) is 11.6. The molecule has 0 bridgehead atoms. The van der Waals surface area contributed by atoms with E-state index in [0.717, 1.165) is 42.5 Å². The molecule has 0 radical (unpaired) electrons. The van der Waals surface area contributed by atoms with Crippen LogP contribution in [0.5, 0.6) is 5.75 Å². The van der Waals surface area contributed by atoms with Crippen molar-refractivity contribution in [2.45, 2.75) is 13.0 Å². The van der Waals surface area contributed by atoms with Crippen molar-refractivity contribution in [3.8, 4) is 5.75 Å². The average molecular weight is 457 g/mol. The lowest BCUT2D eigenvalue weighted by atomic mass is 10.0. The minimum absolute atomic E-state index is 0.276. The zero-order chi connectivity index (χ0) is 22.5. The second-order valence-electron chi connectivity index (χ2n) is 7.59. The van der Waals surface area contributed by atoms with Gasteiger partial charge in [0.25, 0.3) is 0 Å². The summed E-state index contributed by atoms with van der Waals surface area (Å²) in [5.74, 6) is 0.457. The van der Waals surface area contributed by atoms with Crippen LogP contribution in [0.2, 0.25) is 0 Å². The number of carbonyl (C=O) groups excluding carboxylic acids is 2. The van der Waals surface area contributed by atoms with Gasteiger partial charge in [0, 0.05) is 43.3 Å². The van der Waals surface area contributed by atoms with Gasteiger partial charge in [-0.25, -0.2) is 9.59 Å². The van der Waals surface area contributed by atoms with Crippen molar-refractivity contribution in [2.24, 2.45) is 0 Å². The summed E-state index contributed by atoms with van der Waals surface area (Å²) in [6.45, 7) is 5.77. The number of hydrogen-bond donors (Lipinski definition) is 2. The lowest BCUT2D eigenvalue weighted by molar-refractivity contribution is -0.139. The quantitative estimate of drug-likeness (QED) is 0.624. The van der Waals surface area contributed by atoms with Gasteiger partial charge < -0.3 is 25.0 Å². The monoisotopic (exact) mass is 456 g/mol. The summed E-state index contributed by atoms with van der Waals surface area (Å²) in [6, 6.07) is 11.0. The third-order valence-electron chi connectivity index (χ3n) is 5.66. The zero-order valence-electron chi connectivity index (χ0n) is 18.3. The highest BCUT2D eigenvalue weighted by Crippen LogP contribution is 2.32. The molecule has 2 aromatic rings. The van der Waals surface area contributed by atoms with Crippen LogP contribution < -0.4 is 20.3 Å². The number of thiophene rings is 1. The second-order valence-corrected chi connectivity index (χ2v) is 8.57. The number of urea groups is 1. The number of amides is 2. The van der Waals surface area contributed by atoms with Gasteiger partial charge in [0.1, 0.15) is 5.75 Å². The van der Waals surface area contributed by atoms with Crippen LogP contribution in [0.15, 0.2) is 53.0 Å². The van der Waals surface area contributed by atoms with Crippen LogP contribution in [0.3, 0.4) is 0 Å². The van der Waals surface area contributed by atoms with Crippen molar-refractivity contribution >= 4 is 29.0 Å². The molecule has 3 heterocycles. The van der Waals surface area contributed by atoms with Crippen LogP contribution in [0, 0.1) is 0 Å². The van der Waals surface area contributed by atoms with E-state index in [-0.39, 0.29) is 12.6 Å². The van der Waals surface area contributed by atoms with Crippen molar-refractivity contribution in [2.75, 3.05) is 51.3 Å². The number of hydrogen-bond acceptors (Lipinski definition) is 7. The molecule has 4 rings (SSSR count). The molecular weight excluding hydrogens is 428 g/mol. The highest BCUT2D eigenvalue weighted by molar-refractivity contribution is 7.10. The molecule has 0 spiro atoms. The maximum Gasteiger partial charge on any atom is 0.338 e. The number of nitrogens with zero attached hydrogens (tertiary/aromatic N) is 2. The fourth-order valence-electron chi connectivity index (χ4n) is 4.12. The molecule has 1 fully saturated rings. The molecule has 170 valence electrons. The molecule has 1 saturated heterocycles. The first kappa shape index (κ1) is 22.2. The Hall–Kier alpha value is -3.04. The molecule has 0 unspecified atom stereocenters. The minimum atomic E-state index is -0.507. The number of ether oxygens (including phenoxy) is 2. The van der Waals surface area contributed by atoms with Crippen LogP contribution in [0.25, 0.3) is 0 Å². The van der Waals surface area contributed by atoms with E-state index in [1.807, 2.05) is 35.7 Å². The molecule has 2 aliphatic heterocycles. The Kier molecular flexibility index (Phi) is 6.96. The Balaban J connectivity index is 1.52. The fourth-order valence-corrected chi connectivity index (χ4v) is 4.91. The van der Waals surface area contributed by atoms with Crippen molar-refractivity contribution in [1.29, 1.82) is 0 Å². The van der Waals surface area contributed by atoms with E-state index < -0.39 is 12.0 Å². The summed E-state index contributed by atoms with van der Waals surface area (Å²) in [5.41, 5.74) is 2.16. The molecule has 2 amide bonds. The van der Waals surface area contributed by atoms with E-state index in [1.165, 1.54) is 11.3 Å². The molecule has 8 nitrogen and oxygen atoms in total. The van der Waals surface area contributed by atoms with Gasteiger partial charge >= 0.3 is 12.0 Å². The largest absolute Gasteiger partial charge is 0.495 e. The van der Waals surface area contributed by atoms with E-state index in [9.17, 15) is 9.59 Å². The van der Waals surface area contributed by atoms with E-state index in [1.54, 1.807) is 14.0 Å². The summed E-state index contributed by atoms with van der Waals surface area (Å²) >= 11 is 1.50. The number of rotatable bonds is 7. The van der Waals surface area contributed by atoms with Crippen molar-refractivity contribution in [3.63, 3.8) is 0 Å². The van der Waals surface area contributed by atoms with Crippen LogP contribution in [0.4, 0.5) is 10.5 Å². The van der Waals surface area contributed by atoms with Crippen LogP contribution in [0.1, 0.15) is 17.8 Å². The number of nitrogens with one attached hydrogen (secondary N) is 2. The Labute approximate surface area is 191 Å². The first-order chi connectivity index (χ1) is 15.6. The lowest BCUT2D eigenvalue weighted by Crippen LogP contribution is -2.51. The van der Waals surface area contributed by atoms with Gasteiger partial charge in [-0.1, -0.05) is 18.2 Å². The zero-order valence-corrected chi connectivity index (χ0v) is 19.1. The maximum absolute atomic E-state index is 12.9. The SMILES string of the molecule is CCOC(=O)C1=C(CN2CCN(c3ccccc3OC)CC2)NC(=O)N[C@H]1c1cccs1. The maximum atomic E-state index is 12.9. The van der Waals surface area contributed by atoms with E-state index in [2.05, 4.69) is 26.5 Å². The highest BCUT2D eigenvalue weighted by atomic mass is 32.1. The Morgan fingerprint density at radius 3 is 2.62 bits per heavy atom. The summed E-state index contributed by atoms with van der Waals surface area (Å²) < 4.78 is 10.8. The highest BCUT2D eigenvalue weighted by Gasteiger charge is 2.35. The number of para-hydroxylation sites is 2. The summed E-state index contributed by atoms with van der Waals surface area (Å²) in [7, 11) is 1.68. The second kappa shape index (κ2) is 10.1. The summed E-state index contributed by atoms with van der Waals surface area (Å²) in [4.78, 5) is 30.7. The normalized spacial score (nSPS) is 19.4. The average Bonchev–Trinajstić information content (AvgIpc) is 3.34. The van der Waals surface area contributed by atoms with Crippen molar-refractivity contribution < 1.29 is 19.1 Å². The third kappa shape index (κ3) is 4.73. The van der Waals surface area contributed by atoms with Crippen LogP contribution in [-0.2, 0) is 9.53 Å². The number of carbonyl (C=O) groups is 2. The van der Waals surface area contributed by atoms with E-state index in [4.69, 9.17) is 9.47 Å². The minimum Gasteiger partial charge on any atom is -0.495 e. The Morgan fingerprint density at radius 1 is 1.16 bits per heavy atom. The summed E-state index contributed by atoms with van der Waals surface area (Å²) in [5, 5.41) is 7.68. The molecule has 1 aromatic carbocycles. The Morgan fingerprint density at radius 2 is 1.94 bits per heavy atom. The number of anilines is 1. The number of esters is 1. The van der Waals surface area contributed by atoms with E-state index in [0.29, 0.717) is 17.8 Å². The Bertz CT molecular complexity index is 984. The van der Waals surface area contributed by atoms with Crippen molar-refractivity contribution in [1.82, 2.24) is 15.5 Å². The molecule has 0 saturated carbocycles. The van der Waals surface area contributed by atoms with Crippen molar-refractivity contribution in [3.05, 3.63) is 57.9 Å². The smallest absolute Gasteiger partial charge is 0.338 e. The third-order valence-corrected chi connectivity index (χ3v) is 6.59. The molecule has 1 aromatic heterocycles. The van der Waals surface area contributed by atoms with Gasteiger partial charge in [-0.05, 0) is 30.5 Å². The van der Waals surface area contributed by atoms with Gasteiger partial charge in [-0.15, -0.1) is 11.3 Å². The number of benzene rings is 1. The molecule has 9 heteroatoms.